The van der Waals surface area contributed by atoms with E-state index >= 15 is 0 Å². The second-order valence-electron chi connectivity index (χ2n) is 7.32. The summed E-state index contributed by atoms with van der Waals surface area (Å²) in [7, 11) is 0. The second-order valence-corrected chi connectivity index (χ2v) is 7.32. The van der Waals surface area contributed by atoms with Crippen LogP contribution in [-0.4, -0.2) is 54.2 Å². The van der Waals surface area contributed by atoms with Crippen molar-refractivity contribution in [2.45, 2.75) is 45.6 Å². The van der Waals surface area contributed by atoms with Gasteiger partial charge in [-0.3, -0.25) is 9.59 Å². The number of carbonyl (C=O) groups is 2. The first-order chi connectivity index (χ1) is 12.0. The van der Waals surface area contributed by atoms with Gasteiger partial charge in [0.25, 0.3) is 5.91 Å². The molecule has 1 aromatic rings. The molecule has 1 aliphatic heterocycles. The van der Waals surface area contributed by atoms with Gasteiger partial charge in [-0.05, 0) is 25.7 Å². The molecule has 2 fully saturated rings. The molecular weight excluding hydrogens is 322 g/mol. The van der Waals surface area contributed by atoms with Gasteiger partial charge in [0, 0.05) is 37.7 Å². The maximum Gasteiger partial charge on any atom is 0.309 e. The Morgan fingerprint density at radius 3 is 2.88 bits per heavy atom. The number of carbonyl (C=O) groups excluding carboxylic acids is 2. The molecule has 138 valence electrons. The van der Waals surface area contributed by atoms with Gasteiger partial charge in [0.1, 0.15) is 5.76 Å². The monoisotopic (exact) mass is 349 g/mol. The Balaban J connectivity index is 1.50. The van der Waals surface area contributed by atoms with Crippen LogP contribution >= 0.6 is 0 Å². The minimum atomic E-state index is -0.187. The maximum absolute atomic E-state index is 12.4. The van der Waals surface area contributed by atoms with Crippen molar-refractivity contribution in [3.8, 4) is 0 Å². The zero-order valence-electron chi connectivity index (χ0n) is 15.2. The van der Waals surface area contributed by atoms with Gasteiger partial charge in [-0.25, -0.2) is 0 Å². The van der Waals surface area contributed by atoms with E-state index in [1.54, 1.807) is 6.07 Å². The number of ether oxygens (including phenoxy) is 1. The molecule has 0 bridgehead atoms. The van der Waals surface area contributed by atoms with Crippen LogP contribution in [0.25, 0.3) is 0 Å². The lowest BCUT2D eigenvalue weighted by Crippen LogP contribution is -2.40. The van der Waals surface area contributed by atoms with E-state index in [2.05, 4.69) is 22.3 Å². The zero-order valence-corrected chi connectivity index (χ0v) is 15.2. The third-order valence-electron chi connectivity index (χ3n) is 4.97. The van der Waals surface area contributed by atoms with Gasteiger partial charge >= 0.3 is 5.97 Å². The van der Waals surface area contributed by atoms with Crippen molar-refractivity contribution in [2.24, 2.45) is 11.8 Å². The van der Waals surface area contributed by atoms with Gasteiger partial charge in [-0.2, -0.15) is 0 Å². The van der Waals surface area contributed by atoms with Crippen LogP contribution in [0.5, 0.6) is 0 Å². The summed E-state index contributed by atoms with van der Waals surface area (Å²) in [6.07, 6.45) is 2.23. The van der Waals surface area contributed by atoms with E-state index in [0.717, 1.165) is 31.7 Å². The second kappa shape index (κ2) is 7.56. The molecule has 2 heterocycles. The summed E-state index contributed by atoms with van der Waals surface area (Å²) in [6, 6.07) is 1.80. The van der Waals surface area contributed by atoms with Crippen LogP contribution < -0.4 is 5.32 Å². The average Bonchev–Trinajstić information content (AvgIpc) is 3.20. The summed E-state index contributed by atoms with van der Waals surface area (Å²) in [5, 5.41) is 6.95. The molecule has 25 heavy (non-hydrogen) atoms. The molecule has 1 saturated heterocycles. The molecule has 2 unspecified atom stereocenters. The molecule has 1 amide bonds. The summed E-state index contributed by atoms with van der Waals surface area (Å²) in [5.74, 6) is 1.05. The lowest BCUT2D eigenvalue weighted by molar-refractivity contribution is -0.147. The lowest BCUT2D eigenvalue weighted by Gasteiger charge is -2.19. The molecule has 1 aromatic heterocycles. The molecule has 1 N–H and O–H groups in total. The standard InChI is InChI=1S/C18H27N3O4/c1-4-24-18(23)12(3)9-21-8-11(2)15(10-21)19-17(22)14-7-16(25-20-14)13-5-6-13/h7,11-13,15H,4-6,8-10H2,1-3H3,(H,19,22)/t11-,12?,15?/m0/s1. The highest BCUT2D eigenvalue weighted by molar-refractivity contribution is 5.92. The zero-order chi connectivity index (χ0) is 18.0. The van der Waals surface area contributed by atoms with Crippen LogP contribution in [0.15, 0.2) is 10.6 Å². The number of hydrogen-bond donors (Lipinski definition) is 1. The number of hydrogen-bond acceptors (Lipinski definition) is 6. The number of aromatic nitrogens is 1. The van der Waals surface area contributed by atoms with E-state index in [9.17, 15) is 9.59 Å². The van der Waals surface area contributed by atoms with Gasteiger partial charge in [0.15, 0.2) is 5.69 Å². The molecular formula is C18H27N3O4. The highest BCUT2D eigenvalue weighted by atomic mass is 16.5. The van der Waals surface area contributed by atoms with Crippen molar-refractivity contribution in [3.63, 3.8) is 0 Å². The number of nitrogens with one attached hydrogen (secondary N) is 1. The Bertz CT molecular complexity index is 626. The van der Waals surface area contributed by atoms with E-state index in [4.69, 9.17) is 9.26 Å². The first-order valence-electron chi connectivity index (χ1n) is 9.14. The molecule has 0 radical (unpaired) electrons. The van der Waals surface area contributed by atoms with Crippen LogP contribution in [0.2, 0.25) is 0 Å². The molecule has 3 rings (SSSR count). The molecule has 1 aliphatic carbocycles. The van der Waals surface area contributed by atoms with Crippen LogP contribution in [0.4, 0.5) is 0 Å². The predicted molar refractivity (Wildman–Crippen MR) is 91.1 cm³/mol. The fourth-order valence-corrected chi connectivity index (χ4v) is 3.35. The number of amides is 1. The Kier molecular flexibility index (Phi) is 5.42. The highest BCUT2D eigenvalue weighted by Crippen LogP contribution is 2.40. The molecule has 0 spiro atoms. The Morgan fingerprint density at radius 1 is 1.44 bits per heavy atom. The Labute approximate surface area is 148 Å². The summed E-state index contributed by atoms with van der Waals surface area (Å²) in [6.45, 7) is 8.42. The number of nitrogens with zero attached hydrogens (tertiary/aromatic N) is 2. The first kappa shape index (κ1) is 17.9. The normalized spacial score (nSPS) is 24.9. The number of rotatable bonds is 7. The third kappa shape index (κ3) is 4.39. The smallest absolute Gasteiger partial charge is 0.309 e. The largest absolute Gasteiger partial charge is 0.466 e. The van der Waals surface area contributed by atoms with E-state index in [1.165, 1.54) is 0 Å². The van der Waals surface area contributed by atoms with E-state index < -0.39 is 0 Å². The van der Waals surface area contributed by atoms with Crippen molar-refractivity contribution in [2.75, 3.05) is 26.2 Å². The molecule has 2 aliphatic rings. The Hall–Kier alpha value is -1.89. The minimum Gasteiger partial charge on any atom is -0.466 e. The van der Waals surface area contributed by atoms with Gasteiger partial charge in [-0.1, -0.05) is 19.0 Å². The van der Waals surface area contributed by atoms with E-state index in [1.807, 2.05) is 13.8 Å². The van der Waals surface area contributed by atoms with Crippen molar-refractivity contribution in [1.29, 1.82) is 0 Å². The molecule has 0 aromatic carbocycles. The van der Waals surface area contributed by atoms with Gasteiger partial charge in [0.2, 0.25) is 0 Å². The van der Waals surface area contributed by atoms with Crippen molar-refractivity contribution in [3.05, 3.63) is 17.5 Å². The van der Waals surface area contributed by atoms with Crippen molar-refractivity contribution >= 4 is 11.9 Å². The maximum atomic E-state index is 12.4. The van der Waals surface area contributed by atoms with Gasteiger partial charge in [0.05, 0.1) is 12.5 Å². The number of likely N-dealkylation sites (tertiary alicyclic amines) is 1. The molecule has 7 heteroatoms. The van der Waals surface area contributed by atoms with Gasteiger partial charge in [-0.15, -0.1) is 0 Å². The van der Waals surface area contributed by atoms with Crippen LogP contribution in [-0.2, 0) is 9.53 Å². The number of esters is 1. The van der Waals surface area contributed by atoms with Crippen molar-refractivity contribution in [1.82, 2.24) is 15.4 Å². The summed E-state index contributed by atoms with van der Waals surface area (Å²) in [5.41, 5.74) is 0.354. The highest BCUT2D eigenvalue weighted by Gasteiger charge is 2.34. The topological polar surface area (TPSA) is 84.7 Å². The lowest BCUT2D eigenvalue weighted by atomic mass is 10.1. The minimum absolute atomic E-state index is 0.0444. The van der Waals surface area contributed by atoms with Crippen LogP contribution in [0.1, 0.15) is 55.8 Å². The molecule has 1 saturated carbocycles. The predicted octanol–water partition coefficient (Wildman–Crippen LogP) is 1.80. The summed E-state index contributed by atoms with van der Waals surface area (Å²) < 4.78 is 10.3. The van der Waals surface area contributed by atoms with E-state index in [-0.39, 0.29) is 23.8 Å². The van der Waals surface area contributed by atoms with Gasteiger partial charge < -0.3 is 19.5 Å². The first-order valence-corrected chi connectivity index (χ1v) is 9.14. The quantitative estimate of drug-likeness (QED) is 0.756. The Morgan fingerprint density at radius 2 is 2.20 bits per heavy atom. The van der Waals surface area contributed by atoms with Crippen LogP contribution in [0.3, 0.4) is 0 Å². The van der Waals surface area contributed by atoms with E-state index in [0.29, 0.717) is 30.7 Å². The van der Waals surface area contributed by atoms with Crippen LogP contribution in [0, 0.1) is 11.8 Å². The fourth-order valence-electron chi connectivity index (χ4n) is 3.35. The summed E-state index contributed by atoms with van der Waals surface area (Å²) >= 11 is 0. The fraction of sp³-hybridized carbons (Fsp3) is 0.722. The molecule has 3 atom stereocenters. The van der Waals surface area contributed by atoms with Crippen molar-refractivity contribution < 1.29 is 18.8 Å². The third-order valence-corrected chi connectivity index (χ3v) is 4.97. The SMILES string of the molecule is CCOC(=O)C(C)CN1CC(NC(=O)c2cc(C3CC3)on2)[C@@H](C)C1. The molecule has 7 nitrogen and oxygen atoms in total. The summed E-state index contributed by atoms with van der Waals surface area (Å²) in [4.78, 5) is 26.4. The average molecular weight is 349 g/mol.